The van der Waals surface area contributed by atoms with Crippen LogP contribution in [0.5, 0.6) is 0 Å². The first-order valence-electron chi connectivity index (χ1n) is 8.86. The van der Waals surface area contributed by atoms with Crippen LogP contribution in [0, 0.1) is 5.92 Å². The fourth-order valence-electron chi connectivity index (χ4n) is 3.10. The molecule has 2 rings (SSSR count). The standard InChI is InChI=1S/C19H29N3O2/c1-14(2)9-10-21-18(23)16-7-4-6-15(12-16)17-8-5-11-22(13-17)19(24)20-3/h4,6-7,12,14,17H,5,8-11,13H2,1-3H3,(H,20,24)(H,21,23). The summed E-state index contributed by atoms with van der Waals surface area (Å²) in [6, 6.07) is 7.80. The molecular weight excluding hydrogens is 302 g/mol. The SMILES string of the molecule is CNC(=O)N1CCCC(c2cccc(C(=O)NCCC(C)C)c2)C1. The minimum atomic E-state index is -0.0257. The van der Waals surface area contributed by atoms with Crippen molar-refractivity contribution in [3.63, 3.8) is 0 Å². The molecule has 24 heavy (non-hydrogen) atoms. The van der Waals surface area contributed by atoms with Gasteiger partial charge in [-0.15, -0.1) is 0 Å². The van der Waals surface area contributed by atoms with Crippen LogP contribution in [0.25, 0.3) is 0 Å². The fourth-order valence-corrected chi connectivity index (χ4v) is 3.10. The van der Waals surface area contributed by atoms with Gasteiger partial charge < -0.3 is 15.5 Å². The van der Waals surface area contributed by atoms with E-state index in [1.54, 1.807) is 7.05 Å². The molecule has 132 valence electrons. The van der Waals surface area contributed by atoms with Crippen molar-refractivity contribution in [1.29, 1.82) is 0 Å². The van der Waals surface area contributed by atoms with Crippen LogP contribution in [0.15, 0.2) is 24.3 Å². The summed E-state index contributed by atoms with van der Waals surface area (Å²) in [6.07, 6.45) is 3.02. The third kappa shape index (κ3) is 4.98. The molecule has 1 atom stereocenters. The van der Waals surface area contributed by atoms with Gasteiger partial charge in [0.15, 0.2) is 0 Å². The first kappa shape index (κ1) is 18.3. The van der Waals surface area contributed by atoms with Gasteiger partial charge in [-0.3, -0.25) is 4.79 Å². The van der Waals surface area contributed by atoms with E-state index in [1.807, 2.05) is 23.1 Å². The van der Waals surface area contributed by atoms with Gasteiger partial charge in [-0.05, 0) is 42.9 Å². The lowest BCUT2D eigenvalue weighted by atomic mass is 9.89. The topological polar surface area (TPSA) is 61.4 Å². The zero-order chi connectivity index (χ0) is 17.5. The second-order valence-corrected chi connectivity index (χ2v) is 6.90. The summed E-state index contributed by atoms with van der Waals surface area (Å²) in [4.78, 5) is 26.0. The summed E-state index contributed by atoms with van der Waals surface area (Å²) in [5.41, 5.74) is 1.84. The molecule has 1 heterocycles. The average molecular weight is 331 g/mol. The highest BCUT2D eigenvalue weighted by Gasteiger charge is 2.24. The van der Waals surface area contributed by atoms with E-state index >= 15 is 0 Å². The van der Waals surface area contributed by atoms with E-state index in [0.717, 1.165) is 31.4 Å². The molecule has 3 amide bonds. The fraction of sp³-hybridized carbons (Fsp3) is 0.579. The van der Waals surface area contributed by atoms with E-state index in [0.29, 0.717) is 30.5 Å². The average Bonchev–Trinajstić information content (AvgIpc) is 2.61. The number of carbonyl (C=O) groups is 2. The number of benzene rings is 1. The van der Waals surface area contributed by atoms with Crippen molar-refractivity contribution in [2.45, 2.75) is 39.0 Å². The van der Waals surface area contributed by atoms with Crippen molar-refractivity contribution in [3.8, 4) is 0 Å². The second kappa shape index (κ2) is 8.71. The molecule has 1 saturated heterocycles. The summed E-state index contributed by atoms with van der Waals surface area (Å²) < 4.78 is 0. The third-order valence-electron chi connectivity index (χ3n) is 4.55. The summed E-state index contributed by atoms with van der Waals surface area (Å²) in [6.45, 7) is 6.50. The number of nitrogens with zero attached hydrogens (tertiary/aromatic N) is 1. The van der Waals surface area contributed by atoms with E-state index < -0.39 is 0 Å². The van der Waals surface area contributed by atoms with Crippen molar-refractivity contribution in [2.24, 2.45) is 5.92 Å². The van der Waals surface area contributed by atoms with Crippen LogP contribution in [0.2, 0.25) is 0 Å². The molecule has 0 radical (unpaired) electrons. The number of carbonyl (C=O) groups excluding carboxylic acids is 2. The summed E-state index contributed by atoms with van der Waals surface area (Å²) in [5, 5.41) is 5.67. The van der Waals surface area contributed by atoms with Crippen molar-refractivity contribution >= 4 is 11.9 Å². The van der Waals surface area contributed by atoms with Gasteiger partial charge in [0, 0.05) is 38.2 Å². The molecule has 1 aromatic carbocycles. The Bertz CT molecular complexity index is 571. The molecule has 1 fully saturated rings. The lowest BCUT2D eigenvalue weighted by molar-refractivity contribution is 0.0951. The molecule has 1 unspecified atom stereocenters. The number of piperidine rings is 1. The van der Waals surface area contributed by atoms with Crippen molar-refractivity contribution in [1.82, 2.24) is 15.5 Å². The quantitative estimate of drug-likeness (QED) is 0.871. The minimum absolute atomic E-state index is 0.0172. The van der Waals surface area contributed by atoms with Crippen LogP contribution in [0.4, 0.5) is 4.79 Å². The van der Waals surface area contributed by atoms with Crippen LogP contribution in [-0.2, 0) is 0 Å². The third-order valence-corrected chi connectivity index (χ3v) is 4.55. The molecule has 1 aliphatic rings. The molecule has 0 aromatic heterocycles. The van der Waals surface area contributed by atoms with Gasteiger partial charge in [0.1, 0.15) is 0 Å². The first-order chi connectivity index (χ1) is 11.5. The molecular formula is C19H29N3O2. The maximum absolute atomic E-state index is 12.3. The molecule has 5 heteroatoms. The lowest BCUT2D eigenvalue weighted by Gasteiger charge is -2.32. The van der Waals surface area contributed by atoms with Crippen LogP contribution in [0.1, 0.15) is 54.9 Å². The normalized spacial score (nSPS) is 17.7. The number of rotatable bonds is 5. The highest BCUT2D eigenvalue weighted by atomic mass is 16.2. The number of urea groups is 1. The molecule has 0 spiro atoms. The molecule has 2 N–H and O–H groups in total. The predicted molar refractivity (Wildman–Crippen MR) is 96.2 cm³/mol. The number of hydrogen-bond donors (Lipinski definition) is 2. The maximum atomic E-state index is 12.3. The number of nitrogens with one attached hydrogen (secondary N) is 2. The van der Waals surface area contributed by atoms with Crippen LogP contribution < -0.4 is 10.6 Å². The van der Waals surface area contributed by atoms with Gasteiger partial charge in [0.05, 0.1) is 0 Å². The highest BCUT2D eigenvalue weighted by Crippen LogP contribution is 2.27. The Labute approximate surface area is 144 Å². The van der Waals surface area contributed by atoms with Gasteiger partial charge >= 0.3 is 6.03 Å². The van der Waals surface area contributed by atoms with Gasteiger partial charge in [0.2, 0.25) is 0 Å². The van der Waals surface area contributed by atoms with Gasteiger partial charge in [0.25, 0.3) is 5.91 Å². The number of likely N-dealkylation sites (tertiary alicyclic amines) is 1. The smallest absolute Gasteiger partial charge is 0.317 e. The van der Waals surface area contributed by atoms with E-state index in [4.69, 9.17) is 0 Å². The number of hydrogen-bond acceptors (Lipinski definition) is 2. The van der Waals surface area contributed by atoms with Crippen molar-refractivity contribution in [2.75, 3.05) is 26.7 Å². The Morgan fingerprint density at radius 3 is 2.83 bits per heavy atom. The Balaban J connectivity index is 2.01. The summed E-state index contributed by atoms with van der Waals surface area (Å²) in [7, 11) is 1.66. The molecule has 0 saturated carbocycles. The highest BCUT2D eigenvalue weighted by molar-refractivity contribution is 5.94. The van der Waals surface area contributed by atoms with Gasteiger partial charge in [-0.25, -0.2) is 4.79 Å². The Kier molecular flexibility index (Phi) is 6.64. The molecule has 1 aliphatic heterocycles. The maximum Gasteiger partial charge on any atom is 0.317 e. The van der Waals surface area contributed by atoms with E-state index in [9.17, 15) is 9.59 Å². The van der Waals surface area contributed by atoms with Crippen molar-refractivity contribution < 1.29 is 9.59 Å². The van der Waals surface area contributed by atoms with Crippen LogP contribution in [-0.4, -0.2) is 43.5 Å². The predicted octanol–water partition coefficient (Wildman–Crippen LogP) is 2.98. The minimum Gasteiger partial charge on any atom is -0.352 e. The largest absolute Gasteiger partial charge is 0.352 e. The Morgan fingerprint density at radius 2 is 2.12 bits per heavy atom. The van der Waals surface area contributed by atoms with Crippen LogP contribution >= 0.6 is 0 Å². The number of amides is 3. The second-order valence-electron chi connectivity index (χ2n) is 6.90. The monoisotopic (exact) mass is 331 g/mol. The summed E-state index contributed by atoms with van der Waals surface area (Å²) >= 11 is 0. The van der Waals surface area contributed by atoms with E-state index in [1.165, 1.54) is 0 Å². The van der Waals surface area contributed by atoms with Gasteiger partial charge in [-0.1, -0.05) is 26.0 Å². The van der Waals surface area contributed by atoms with E-state index in [2.05, 4.69) is 30.5 Å². The molecule has 0 aliphatic carbocycles. The zero-order valence-electron chi connectivity index (χ0n) is 15.0. The van der Waals surface area contributed by atoms with E-state index in [-0.39, 0.29) is 11.9 Å². The Morgan fingerprint density at radius 1 is 1.33 bits per heavy atom. The first-order valence-corrected chi connectivity index (χ1v) is 8.86. The van der Waals surface area contributed by atoms with Crippen LogP contribution in [0.3, 0.4) is 0 Å². The Hall–Kier alpha value is -2.04. The molecule has 0 bridgehead atoms. The molecule has 1 aromatic rings. The van der Waals surface area contributed by atoms with Crippen molar-refractivity contribution in [3.05, 3.63) is 35.4 Å². The zero-order valence-corrected chi connectivity index (χ0v) is 15.0. The van der Waals surface area contributed by atoms with Gasteiger partial charge in [-0.2, -0.15) is 0 Å². The lowest BCUT2D eigenvalue weighted by Crippen LogP contribution is -2.43. The molecule has 5 nitrogen and oxygen atoms in total. The summed E-state index contributed by atoms with van der Waals surface area (Å²) in [5.74, 6) is 0.852.